The van der Waals surface area contributed by atoms with Gasteiger partial charge in [0.2, 0.25) is 0 Å². The minimum atomic E-state index is -0.258. The van der Waals surface area contributed by atoms with Gasteiger partial charge in [-0.1, -0.05) is 42.0 Å². The molecular weight excluding hydrogens is 288 g/mol. The van der Waals surface area contributed by atoms with E-state index in [1.165, 1.54) is 7.11 Å². The van der Waals surface area contributed by atoms with Crippen LogP contribution in [0.4, 0.5) is 0 Å². The van der Waals surface area contributed by atoms with E-state index in [4.69, 9.17) is 16.3 Å². The van der Waals surface area contributed by atoms with Crippen LogP contribution in [-0.2, 0) is 9.53 Å². The average molecular weight is 305 g/mol. The van der Waals surface area contributed by atoms with Crippen molar-refractivity contribution in [3.8, 4) is 0 Å². The van der Waals surface area contributed by atoms with E-state index in [2.05, 4.69) is 22.8 Å². The molecule has 0 spiro atoms. The van der Waals surface area contributed by atoms with E-state index < -0.39 is 0 Å². The standard InChI is InChI=1S/C16H17ClN2O2/c1-21-16(20)11-7-8-12-13(9-11)19-15(17)14(18-12)10-5-3-2-4-6-10/h2-5,8-11,18-19H,6-7H2,1H3. The first kappa shape index (κ1) is 14.0. The van der Waals surface area contributed by atoms with Gasteiger partial charge in [0.1, 0.15) is 5.16 Å². The van der Waals surface area contributed by atoms with Crippen LogP contribution in [0, 0.1) is 11.8 Å². The molecule has 0 radical (unpaired) electrons. The SMILES string of the molecule is COC(=O)C1C=C2NC(Cl)=C(C3C=CC=CC3)NC2=CC1. The zero-order valence-corrected chi connectivity index (χ0v) is 12.5. The fourth-order valence-electron chi connectivity index (χ4n) is 2.69. The van der Waals surface area contributed by atoms with Crippen molar-refractivity contribution in [3.05, 3.63) is 58.7 Å². The lowest BCUT2D eigenvalue weighted by Crippen LogP contribution is -2.35. The van der Waals surface area contributed by atoms with Gasteiger partial charge >= 0.3 is 5.97 Å². The number of esters is 1. The topological polar surface area (TPSA) is 50.4 Å². The predicted octanol–water partition coefficient (Wildman–Crippen LogP) is 2.68. The summed E-state index contributed by atoms with van der Waals surface area (Å²) in [5.41, 5.74) is 2.77. The number of methoxy groups -OCH3 is 1. The molecule has 0 bridgehead atoms. The molecule has 1 heterocycles. The largest absolute Gasteiger partial charge is 0.469 e. The van der Waals surface area contributed by atoms with Crippen LogP contribution in [-0.4, -0.2) is 13.1 Å². The molecule has 5 heteroatoms. The fraction of sp³-hybridized carbons (Fsp3) is 0.312. The third kappa shape index (κ3) is 2.76. The lowest BCUT2D eigenvalue weighted by Gasteiger charge is -2.31. The Kier molecular flexibility index (Phi) is 3.88. The van der Waals surface area contributed by atoms with E-state index in [9.17, 15) is 4.79 Å². The Morgan fingerprint density at radius 3 is 2.86 bits per heavy atom. The highest BCUT2D eigenvalue weighted by Gasteiger charge is 2.28. The molecule has 0 saturated heterocycles. The summed E-state index contributed by atoms with van der Waals surface area (Å²) < 4.78 is 4.79. The molecular formula is C16H17ClN2O2. The summed E-state index contributed by atoms with van der Waals surface area (Å²) in [5, 5.41) is 7.15. The molecule has 0 fully saturated rings. The zero-order valence-electron chi connectivity index (χ0n) is 11.7. The molecule has 2 aliphatic carbocycles. The normalized spacial score (nSPS) is 27.1. The first-order valence-corrected chi connectivity index (χ1v) is 7.34. The van der Waals surface area contributed by atoms with Gasteiger partial charge < -0.3 is 15.4 Å². The number of halogens is 1. The number of allylic oxidation sites excluding steroid dienone is 5. The Morgan fingerprint density at radius 2 is 2.14 bits per heavy atom. The van der Waals surface area contributed by atoms with Crippen molar-refractivity contribution < 1.29 is 9.53 Å². The van der Waals surface area contributed by atoms with Crippen LogP contribution in [0.3, 0.4) is 0 Å². The highest BCUT2D eigenvalue weighted by Crippen LogP contribution is 2.31. The number of carbonyl (C=O) groups is 1. The summed E-state index contributed by atoms with van der Waals surface area (Å²) >= 11 is 6.36. The van der Waals surface area contributed by atoms with E-state index >= 15 is 0 Å². The average Bonchev–Trinajstić information content (AvgIpc) is 2.53. The predicted molar refractivity (Wildman–Crippen MR) is 81.8 cm³/mol. The number of hydrogen-bond donors (Lipinski definition) is 2. The third-order valence-corrected chi connectivity index (χ3v) is 4.14. The molecule has 21 heavy (non-hydrogen) atoms. The monoisotopic (exact) mass is 304 g/mol. The quantitative estimate of drug-likeness (QED) is 0.608. The summed E-state index contributed by atoms with van der Waals surface area (Å²) in [4.78, 5) is 11.6. The molecule has 0 saturated carbocycles. The molecule has 0 amide bonds. The van der Waals surface area contributed by atoms with E-state index in [0.29, 0.717) is 11.6 Å². The van der Waals surface area contributed by atoms with E-state index in [1.54, 1.807) is 0 Å². The van der Waals surface area contributed by atoms with Crippen molar-refractivity contribution in [2.24, 2.45) is 11.8 Å². The Morgan fingerprint density at radius 1 is 1.29 bits per heavy atom. The zero-order chi connectivity index (χ0) is 14.8. The maximum atomic E-state index is 11.6. The van der Waals surface area contributed by atoms with Crippen LogP contribution in [0.5, 0.6) is 0 Å². The summed E-state index contributed by atoms with van der Waals surface area (Å²) in [6.45, 7) is 0. The molecule has 2 N–H and O–H groups in total. The Labute approximate surface area is 128 Å². The fourth-order valence-corrected chi connectivity index (χ4v) is 2.98. The van der Waals surface area contributed by atoms with Gasteiger partial charge in [-0.25, -0.2) is 0 Å². The van der Waals surface area contributed by atoms with E-state index in [1.807, 2.05) is 24.3 Å². The van der Waals surface area contributed by atoms with Gasteiger partial charge in [-0.3, -0.25) is 4.79 Å². The number of nitrogens with one attached hydrogen (secondary N) is 2. The molecule has 110 valence electrons. The lowest BCUT2D eigenvalue weighted by atomic mass is 9.93. The van der Waals surface area contributed by atoms with Gasteiger partial charge in [0.15, 0.2) is 0 Å². The van der Waals surface area contributed by atoms with Crippen molar-refractivity contribution in [1.29, 1.82) is 0 Å². The van der Waals surface area contributed by atoms with Crippen LogP contribution in [0.15, 0.2) is 58.7 Å². The van der Waals surface area contributed by atoms with Gasteiger partial charge in [-0.2, -0.15) is 0 Å². The number of ether oxygens (including phenoxy) is 1. The van der Waals surface area contributed by atoms with Gasteiger partial charge in [0.25, 0.3) is 0 Å². The molecule has 4 nitrogen and oxygen atoms in total. The third-order valence-electron chi connectivity index (χ3n) is 3.84. The summed E-state index contributed by atoms with van der Waals surface area (Å²) in [6.07, 6.45) is 13.7. The molecule has 0 aromatic rings. The van der Waals surface area contributed by atoms with E-state index in [-0.39, 0.29) is 17.8 Å². The number of hydrogen-bond acceptors (Lipinski definition) is 4. The van der Waals surface area contributed by atoms with Gasteiger partial charge in [0, 0.05) is 5.92 Å². The van der Waals surface area contributed by atoms with Crippen LogP contribution in [0.2, 0.25) is 0 Å². The molecule has 2 unspecified atom stereocenters. The minimum absolute atomic E-state index is 0.231. The van der Waals surface area contributed by atoms with Crippen LogP contribution in [0.25, 0.3) is 0 Å². The van der Waals surface area contributed by atoms with E-state index in [0.717, 1.165) is 23.5 Å². The Balaban J connectivity index is 1.83. The van der Waals surface area contributed by atoms with Gasteiger partial charge in [-0.15, -0.1) is 0 Å². The van der Waals surface area contributed by atoms with Crippen molar-refractivity contribution in [2.75, 3.05) is 7.11 Å². The van der Waals surface area contributed by atoms with Crippen molar-refractivity contribution >= 4 is 17.6 Å². The minimum Gasteiger partial charge on any atom is -0.469 e. The van der Waals surface area contributed by atoms with Crippen molar-refractivity contribution in [1.82, 2.24) is 10.6 Å². The summed E-state index contributed by atoms with van der Waals surface area (Å²) in [5.74, 6) is -0.242. The molecule has 3 rings (SSSR count). The second-order valence-corrected chi connectivity index (χ2v) is 5.57. The van der Waals surface area contributed by atoms with Crippen LogP contribution >= 0.6 is 11.6 Å². The number of carbonyl (C=O) groups excluding carboxylic acids is 1. The second-order valence-electron chi connectivity index (χ2n) is 5.20. The lowest BCUT2D eigenvalue weighted by molar-refractivity contribution is -0.143. The second kappa shape index (κ2) is 5.82. The first-order valence-electron chi connectivity index (χ1n) is 6.96. The Bertz CT molecular complexity index is 614. The highest BCUT2D eigenvalue weighted by atomic mass is 35.5. The number of fused-ring (bicyclic) bond motifs is 1. The number of rotatable bonds is 2. The molecule has 2 atom stereocenters. The maximum Gasteiger partial charge on any atom is 0.312 e. The molecule has 1 aliphatic heterocycles. The molecule has 0 aromatic carbocycles. The smallest absolute Gasteiger partial charge is 0.312 e. The maximum absolute atomic E-state index is 11.6. The van der Waals surface area contributed by atoms with Gasteiger partial charge in [0.05, 0.1) is 30.1 Å². The molecule has 3 aliphatic rings. The Hall–Kier alpha value is -1.94. The van der Waals surface area contributed by atoms with Crippen molar-refractivity contribution in [3.63, 3.8) is 0 Å². The van der Waals surface area contributed by atoms with Crippen molar-refractivity contribution in [2.45, 2.75) is 12.8 Å². The first-order chi connectivity index (χ1) is 10.2. The van der Waals surface area contributed by atoms with Gasteiger partial charge in [-0.05, 0) is 18.9 Å². The van der Waals surface area contributed by atoms with Crippen LogP contribution < -0.4 is 10.6 Å². The summed E-state index contributed by atoms with van der Waals surface area (Å²) in [7, 11) is 1.40. The summed E-state index contributed by atoms with van der Waals surface area (Å²) in [6, 6.07) is 0. The van der Waals surface area contributed by atoms with Crippen LogP contribution in [0.1, 0.15) is 12.8 Å². The molecule has 0 aromatic heterocycles. The highest BCUT2D eigenvalue weighted by molar-refractivity contribution is 6.29.